The van der Waals surface area contributed by atoms with Crippen LogP contribution in [-0.4, -0.2) is 26.4 Å². The van der Waals surface area contributed by atoms with E-state index >= 15 is 0 Å². The average molecular weight is 184 g/mol. The van der Waals surface area contributed by atoms with E-state index < -0.39 is 0 Å². The number of aliphatic imine (C=N–C) groups is 1. The van der Waals surface area contributed by atoms with Crippen LogP contribution in [0.1, 0.15) is 14.8 Å². The van der Waals surface area contributed by atoms with Crippen LogP contribution in [0.2, 0.25) is 0 Å². The maximum Gasteiger partial charge on any atom is 0.130 e. The van der Waals surface area contributed by atoms with E-state index in [0.29, 0.717) is 12.4 Å². The number of ether oxygens (including phenoxy) is 1. The van der Waals surface area contributed by atoms with Crippen LogP contribution in [0, 0.1) is 0 Å². The van der Waals surface area contributed by atoms with E-state index in [4.69, 9.17) is 4.74 Å². The molecule has 0 radical (unpaired) electrons. The Balaban J connectivity index is 0. The van der Waals surface area contributed by atoms with Crippen LogP contribution in [0.15, 0.2) is 29.6 Å². The molecule has 0 aromatic rings. The Morgan fingerprint density at radius 3 is 2.85 bits per heavy atom. The van der Waals surface area contributed by atoms with Gasteiger partial charge in [0.25, 0.3) is 0 Å². The Morgan fingerprint density at radius 1 is 1.62 bits per heavy atom. The lowest BCUT2D eigenvalue weighted by Crippen LogP contribution is -2.10. The van der Waals surface area contributed by atoms with Crippen molar-refractivity contribution in [2.75, 3.05) is 20.2 Å². The quantitative estimate of drug-likeness (QED) is 0.373. The van der Waals surface area contributed by atoms with Crippen LogP contribution in [0.25, 0.3) is 0 Å². The van der Waals surface area contributed by atoms with E-state index in [-0.39, 0.29) is 1.43 Å². The normalized spacial score (nSPS) is 10.3. The van der Waals surface area contributed by atoms with Crippen molar-refractivity contribution >= 4 is 6.21 Å². The van der Waals surface area contributed by atoms with Crippen LogP contribution in [0.5, 0.6) is 0 Å². The van der Waals surface area contributed by atoms with E-state index in [2.05, 4.69) is 23.5 Å². The lowest BCUT2D eigenvalue weighted by atomic mass is 10.4. The first-order valence-electron chi connectivity index (χ1n) is 4.32. The van der Waals surface area contributed by atoms with E-state index in [0.717, 1.165) is 18.7 Å². The van der Waals surface area contributed by atoms with Crippen molar-refractivity contribution in [3.8, 4) is 0 Å². The Hall–Kier alpha value is -1.09. The highest BCUT2D eigenvalue weighted by Gasteiger charge is 1.89. The predicted octanol–water partition coefficient (Wildman–Crippen LogP) is 1.98. The average Bonchev–Trinajstić information content (AvgIpc) is 2.09. The summed E-state index contributed by atoms with van der Waals surface area (Å²) in [5, 5.41) is 3.03. The molecule has 0 aromatic carbocycles. The van der Waals surface area contributed by atoms with Crippen molar-refractivity contribution in [2.24, 2.45) is 4.99 Å². The Labute approximate surface area is 81.7 Å². The van der Waals surface area contributed by atoms with Crippen LogP contribution >= 0.6 is 0 Å². The first-order chi connectivity index (χ1) is 6.16. The zero-order chi connectivity index (χ0) is 10.1. The minimum absolute atomic E-state index is 0. The summed E-state index contributed by atoms with van der Waals surface area (Å²) in [5.74, 6) is 0.583. The van der Waals surface area contributed by atoms with Gasteiger partial charge in [-0.25, -0.2) is 0 Å². The second-order valence-corrected chi connectivity index (χ2v) is 2.77. The molecule has 0 atom stereocenters. The summed E-state index contributed by atoms with van der Waals surface area (Å²) in [6.07, 6.45) is 2.55. The molecule has 76 valence electrons. The Morgan fingerprint density at radius 2 is 2.31 bits per heavy atom. The molecule has 0 spiro atoms. The van der Waals surface area contributed by atoms with E-state index in [1.807, 2.05) is 14.0 Å². The van der Waals surface area contributed by atoms with Gasteiger partial charge in [0.15, 0.2) is 0 Å². The monoisotopic (exact) mass is 184 g/mol. The van der Waals surface area contributed by atoms with E-state index in [1.165, 1.54) is 0 Å². The second-order valence-electron chi connectivity index (χ2n) is 2.77. The summed E-state index contributed by atoms with van der Waals surface area (Å²) < 4.78 is 5.27. The smallest absolute Gasteiger partial charge is 0.130 e. The molecule has 0 amide bonds. The predicted molar refractivity (Wildman–Crippen MR) is 59.1 cm³/mol. The summed E-state index contributed by atoms with van der Waals surface area (Å²) in [6, 6.07) is 0. The molecule has 0 saturated carbocycles. The lowest BCUT2D eigenvalue weighted by Gasteiger charge is -2.04. The zero-order valence-electron chi connectivity index (χ0n) is 8.47. The van der Waals surface area contributed by atoms with Gasteiger partial charge in [-0.15, -0.1) is 0 Å². The molecular formula is C10H20N2O. The molecule has 0 aliphatic heterocycles. The van der Waals surface area contributed by atoms with Gasteiger partial charge in [-0.3, -0.25) is 4.99 Å². The fourth-order valence-corrected chi connectivity index (χ4v) is 0.672. The summed E-state index contributed by atoms with van der Waals surface area (Å²) in [7, 11) is 1.91. The first kappa shape index (κ1) is 11.9. The SMILES string of the molecule is C=C(C)N=CC(=C)OCCCNC.[HH]. The molecule has 0 aliphatic rings. The van der Waals surface area contributed by atoms with Gasteiger partial charge in [0.1, 0.15) is 5.76 Å². The standard InChI is InChI=1S/C10H18N2O.H2/c1-9(2)12-8-10(3)13-7-5-6-11-4;/h8,11H,1,3,5-7H2,2,4H3;1H. The summed E-state index contributed by atoms with van der Waals surface area (Å²) >= 11 is 0. The number of nitrogens with one attached hydrogen (secondary N) is 1. The Kier molecular flexibility index (Phi) is 6.92. The fraction of sp³-hybridized carbons (Fsp3) is 0.500. The molecule has 0 bridgehead atoms. The van der Waals surface area contributed by atoms with Crippen LogP contribution < -0.4 is 5.32 Å². The van der Waals surface area contributed by atoms with Crippen LogP contribution in [0.3, 0.4) is 0 Å². The summed E-state index contributed by atoms with van der Waals surface area (Å²) in [6.45, 7) is 10.8. The molecule has 0 saturated heterocycles. The van der Waals surface area contributed by atoms with E-state index in [1.54, 1.807) is 6.21 Å². The van der Waals surface area contributed by atoms with Gasteiger partial charge in [0.2, 0.25) is 0 Å². The highest BCUT2D eigenvalue weighted by molar-refractivity contribution is 5.75. The Bertz CT molecular complexity index is 202. The number of hydrogen-bond acceptors (Lipinski definition) is 3. The maximum absolute atomic E-state index is 5.27. The van der Waals surface area contributed by atoms with Crippen molar-refractivity contribution in [1.29, 1.82) is 0 Å². The molecular weight excluding hydrogens is 164 g/mol. The number of rotatable bonds is 7. The summed E-state index contributed by atoms with van der Waals surface area (Å²) in [5.41, 5.74) is 0.750. The lowest BCUT2D eigenvalue weighted by molar-refractivity contribution is 0.229. The van der Waals surface area contributed by atoms with Gasteiger partial charge in [0.05, 0.1) is 12.8 Å². The number of hydrogen-bond donors (Lipinski definition) is 1. The molecule has 1 N–H and O–H groups in total. The molecule has 0 aromatic heterocycles. The molecule has 0 fully saturated rings. The molecule has 3 heteroatoms. The second kappa shape index (κ2) is 7.55. The highest BCUT2D eigenvalue weighted by Crippen LogP contribution is 1.94. The minimum Gasteiger partial charge on any atom is -0.493 e. The molecule has 0 unspecified atom stereocenters. The zero-order valence-corrected chi connectivity index (χ0v) is 8.47. The third-order valence-corrected chi connectivity index (χ3v) is 1.29. The molecule has 13 heavy (non-hydrogen) atoms. The van der Waals surface area contributed by atoms with Crippen molar-refractivity contribution in [2.45, 2.75) is 13.3 Å². The van der Waals surface area contributed by atoms with Crippen molar-refractivity contribution in [3.63, 3.8) is 0 Å². The highest BCUT2D eigenvalue weighted by atomic mass is 16.5. The minimum atomic E-state index is 0. The van der Waals surface area contributed by atoms with Crippen molar-refractivity contribution < 1.29 is 6.16 Å². The third-order valence-electron chi connectivity index (χ3n) is 1.29. The van der Waals surface area contributed by atoms with Crippen LogP contribution in [0.4, 0.5) is 0 Å². The van der Waals surface area contributed by atoms with Gasteiger partial charge in [-0.2, -0.15) is 0 Å². The molecule has 0 rings (SSSR count). The topological polar surface area (TPSA) is 33.6 Å². The van der Waals surface area contributed by atoms with Gasteiger partial charge < -0.3 is 10.1 Å². The van der Waals surface area contributed by atoms with Crippen molar-refractivity contribution in [3.05, 3.63) is 24.6 Å². The number of allylic oxidation sites excluding steroid dienone is 2. The molecule has 0 aliphatic carbocycles. The maximum atomic E-state index is 5.27. The third kappa shape index (κ3) is 8.82. The summed E-state index contributed by atoms with van der Waals surface area (Å²) in [4.78, 5) is 3.96. The molecule has 0 heterocycles. The molecule has 3 nitrogen and oxygen atoms in total. The van der Waals surface area contributed by atoms with Crippen molar-refractivity contribution in [1.82, 2.24) is 5.32 Å². The van der Waals surface area contributed by atoms with Gasteiger partial charge in [0, 0.05) is 7.12 Å². The van der Waals surface area contributed by atoms with Gasteiger partial charge in [-0.05, 0) is 26.9 Å². The van der Waals surface area contributed by atoms with Gasteiger partial charge in [-0.1, -0.05) is 13.2 Å². The largest absolute Gasteiger partial charge is 0.493 e. The first-order valence-corrected chi connectivity index (χ1v) is 4.32. The fourth-order valence-electron chi connectivity index (χ4n) is 0.672. The number of nitrogens with zero attached hydrogens (tertiary/aromatic N) is 1. The van der Waals surface area contributed by atoms with Gasteiger partial charge >= 0.3 is 0 Å². The van der Waals surface area contributed by atoms with E-state index in [9.17, 15) is 0 Å². The van der Waals surface area contributed by atoms with Crippen LogP contribution in [-0.2, 0) is 4.74 Å².